The number of nitrogens with one attached hydrogen (secondary N) is 1. The zero-order valence-corrected chi connectivity index (χ0v) is 10.8. The Morgan fingerprint density at radius 1 is 1.32 bits per heavy atom. The van der Waals surface area contributed by atoms with E-state index in [4.69, 9.17) is 0 Å². The lowest BCUT2D eigenvalue weighted by Gasteiger charge is -2.47. The van der Waals surface area contributed by atoms with Crippen molar-refractivity contribution >= 4 is 11.6 Å². The van der Waals surface area contributed by atoms with Gasteiger partial charge in [-0.05, 0) is 30.4 Å². The molecule has 1 saturated carbocycles. The number of rotatable bonds is 2. The van der Waals surface area contributed by atoms with E-state index in [9.17, 15) is 9.90 Å². The molecule has 100 valence electrons. The first-order chi connectivity index (χ1) is 9.16. The van der Waals surface area contributed by atoms with Crippen LogP contribution in [0.15, 0.2) is 24.3 Å². The largest absolute Gasteiger partial charge is 0.386 e. The van der Waals surface area contributed by atoms with Crippen LogP contribution >= 0.6 is 0 Å². The first-order valence-electron chi connectivity index (χ1n) is 7.01. The lowest BCUT2D eigenvalue weighted by Crippen LogP contribution is -2.66. The van der Waals surface area contributed by atoms with Crippen LogP contribution in [-0.4, -0.2) is 40.6 Å². The predicted molar refractivity (Wildman–Crippen MR) is 71.8 cm³/mol. The van der Waals surface area contributed by atoms with Gasteiger partial charge in [-0.15, -0.1) is 0 Å². The minimum Gasteiger partial charge on any atom is -0.386 e. The van der Waals surface area contributed by atoms with Gasteiger partial charge >= 0.3 is 0 Å². The Morgan fingerprint density at radius 3 is 2.74 bits per heavy atom. The average molecular weight is 258 g/mol. The maximum absolute atomic E-state index is 12.4. The number of hydrogen-bond donors (Lipinski definition) is 2. The Morgan fingerprint density at radius 2 is 2.05 bits per heavy atom. The third-order valence-corrected chi connectivity index (χ3v) is 4.65. The maximum Gasteiger partial charge on any atom is 0.245 e. The number of benzene rings is 1. The first kappa shape index (κ1) is 11.3. The minimum atomic E-state index is -0.582. The van der Waals surface area contributed by atoms with E-state index >= 15 is 0 Å². The van der Waals surface area contributed by atoms with Gasteiger partial charge in [0.15, 0.2) is 0 Å². The summed E-state index contributed by atoms with van der Waals surface area (Å²) >= 11 is 0. The third-order valence-electron chi connectivity index (χ3n) is 4.65. The van der Waals surface area contributed by atoms with Crippen molar-refractivity contribution < 1.29 is 9.90 Å². The van der Waals surface area contributed by atoms with E-state index in [0.29, 0.717) is 19.0 Å². The lowest BCUT2D eigenvalue weighted by molar-refractivity contribution is -0.159. The number of amides is 1. The molecule has 1 saturated heterocycles. The molecule has 0 aromatic heterocycles. The molecule has 1 aliphatic carbocycles. The molecule has 4 heteroatoms. The van der Waals surface area contributed by atoms with Gasteiger partial charge in [-0.1, -0.05) is 18.2 Å². The fourth-order valence-electron chi connectivity index (χ4n) is 3.32. The highest BCUT2D eigenvalue weighted by molar-refractivity contribution is 5.88. The molecule has 19 heavy (non-hydrogen) atoms. The first-order valence-corrected chi connectivity index (χ1v) is 7.01. The van der Waals surface area contributed by atoms with Crippen LogP contribution in [0, 0.1) is 5.92 Å². The van der Waals surface area contributed by atoms with Crippen LogP contribution in [0.3, 0.4) is 0 Å². The van der Waals surface area contributed by atoms with Crippen molar-refractivity contribution in [1.29, 1.82) is 0 Å². The van der Waals surface area contributed by atoms with Gasteiger partial charge in [-0.3, -0.25) is 4.79 Å². The summed E-state index contributed by atoms with van der Waals surface area (Å²) in [7, 11) is 0. The highest BCUT2D eigenvalue weighted by Crippen LogP contribution is 2.44. The number of hydrogen-bond acceptors (Lipinski definition) is 3. The number of likely N-dealkylation sites (tertiary alicyclic amines) is 1. The van der Waals surface area contributed by atoms with Crippen LogP contribution in [0.2, 0.25) is 0 Å². The average Bonchev–Trinajstić information content (AvgIpc) is 3.13. The Kier molecular flexibility index (Phi) is 2.22. The predicted octanol–water partition coefficient (Wildman–Crippen LogP) is 1.01. The minimum absolute atomic E-state index is 0.126. The molecule has 0 radical (unpaired) electrons. The summed E-state index contributed by atoms with van der Waals surface area (Å²) < 4.78 is 0. The number of nitrogens with zero attached hydrogens (tertiary/aromatic N) is 1. The second-order valence-corrected chi connectivity index (χ2v) is 6.13. The molecule has 1 aromatic carbocycles. The number of β-amino-alcohol motifs (C(OH)–C–C–N with tert-alkyl or cyclic N) is 1. The van der Waals surface area contributed by atoms with Gasteiger partial charge in [-0.25, -0.2) is 0 Å². The van der Waals surface area contributed by atoms with E-state index in [1.807, 2.05) is 18.2 Å². The van der Waals surface area contributed by atoms with Crippen LogP contribution in [-0.2, 0) is 11.2 Å². The van der Waals surface area contributed by atoms with Gasteiger partial charge in [0.1, 0.15) is 11.6 Å². The summed E-state index contributed by atoms with van der Waals surface area (Å²) in [6.07, 6.45) is 2.99. The molecule has 4 rings (SSSR count). The molecule has 2 heterocycles. The molecular weight excluding hydrogens is 240 g/mol. The zero-order chi connectivity index (χ0) is 13.0. The highest BCUT2D eigenvalue weighted by atomic mass is 16.3. The molecule has 1 unspecified atom stereocenters. The summed E-state index contributed by atoms with van der Waals surface area (Å²) in [6, 6.07) is 7.91. The number of anilines is 1. The van der Waals surface area contributed by atoms with Crippen molar-refractivity contribution in [2.75, 3.05) is 18.4 Å². The smallest absolute Gasteiger partial charge is 0.245 e. The van der Waals surface area contributed by atoms with Gasteiger partial charge in [0, 0.05) is 12.1 Å². The lowest BCUT2D eigenvalue weighted by atomic mass is 9.88. The van der Waals surface area contributed by atoms with Gasteiger partial charge in [-0.2, -0.15) is 0 Å². The van der Waals surface area contributed by atoms with Crippen LogP contribution < -0.4 is 5.32 Å². The summed E-state index contributed by atoms with van der Waals surface area (Å²) in [4.78, 5) is 14.2. The fraction of sp³-hybridized carbons (Fsp3) is 0.533. The molecule has 2 fully saturated rings. The molecule has 1 aromatic rings. The van der Waals surface area contributed by atoms with Gasteiger partial charge in [0.25, 0.3) is 0 Å². The highest BCUT2D eigenvalue weighted by Gasteiger charge is 2.54. The van der Waals surface area contributed by atoms with E-state index in [-0.39, 0.29) is 11.9 Å². The molecule has 4 nitrogen and oxygen atoms in total. The molecule has 1 amide bonds. The second-order valence-electron chi connectivity index (χ2n) is 6.13. The zero-order valence-electron chi connectivity index (χ0n) is 10.8. The van der Waals surface area contributed by atoms with E-state index in [1.165, 1.54) is 5.56 Å². The second kappa shape index (κ2) is 3.73. The molecular formula is C15H18N2O2. The Hall–Kier alpha value is -1.55. The van der Waals surface area contributed by atoms with Gasteiger partial charge in [0.05, 0.1) is 13.1 Å². The maximum atomic E-state index is 12.4. The third kappa shape index (κ3) is 1.74. The standard InChI is InChI=1S/C15H18N2O2/c18-14(17-8-15(19,9-17)11-5-6-11)13-7-10-3-1-2-4-12(10)16-13/h1-4,11,13,16,19H,5-9H2. The van der Waals surface area contributed by atoms with Gasteiger partial charge in [0.2, 0.25) is 5.91 Å². The van der Waals surface area contributed by atoms with Crippen LogP contribution in [0.25, 0.3) is 0 Å². The summed E-state index contributed by atoms with van der Waals surface area (Å²) in [6.45, 7) is 1.04. The van der Waals surface area contributed by atoms with Crippen molar-refractivity contribution in [3.05, 3.63) is 29.8 Å². The van der Waals surface area contributed by atoms with Crippen molar-refractivity contribution in [2.45, 2.75) is 30.9 Å². The molecule has 2 aliphatic heterocycles. The quantitative estimate of drug-likeness (QED) is 0.832. The van der Waals surface area contributed by atoms with E-state index in [1.54, 1.807) is 4.90 Å². The van der Waals surface area contributed by atoms with Crippen LogP contribution in [0.4, 0.5) is 5.69 Å². The van der Waals surface area contributed by atoms with E-state index in [2.05, 4.69) is 11.4 Å². The number of fused-ring (bicyclic) bond motifs is 1. The molecule has 1 atom stereocenters. The van der Waals surface area contributed by atoms with E-state index in [0.717, 1.165) is 24.9 Å². The Labute approximate surface area is 112 Å². The van der Waals surface area contributed by atoms with Crippen molar-refractivity contribution in [3.8, 4) is 0 Å². The Balaban J connectivity index is 1.41. The summed E-state index contributed by atoms with van der Waals surface area (Å²) in [5.74, 6) is 0.562. The van der Waals surface area contributed by atoms with Crippen molar-refractivity contribution in [1.82, 2.24) is 4.90 Å². The van der Waals surface area contributed by atoms with Crippen molar-refractivity contribution in [2.24, 2.45) is 5.92 Å². The summed E-state index contributed by atoms with van der Waals surface area (Å²) in [5.41, 5.74) is 1.69. The van der Waals surface area contributed by atoms with E-state index < -0.39 is 5.60 Å². The SMILES string of the molecule is O=C(C1Cc2ccccc2N1)N1CC(O)(C2CC2)C1. The number of aliphatic hydroxyl groups is 1. The monoisotopic (exact) mass is 258 g/mol. The molecule has 0 spiro atoms. The number of para-hydroxylation sites is 1. The Bertz CT molecular complexity index is 508. The number of carbonyl (C=O) groups is 1. The molecule has 0 bridgehead atoms. The molecule has 3 aliphatic rings. The topological polar surface area (TPSA) is 52.6 Å². The fourth-order valence-corrected chi connectivity index (χ4v) is 3.32. The van der Waals surface area contributed by atoms with Gasteiger partial charge < -0.3 is 15.3 Å². The normalized spacial score (nSPS) is 27.4. The van der Waals surface area contributed by atoms with Crippen LogP contribution in [0.5, 0.6) is 0 Å². The van der Waals surface area contributed by atoms with Crippen molar-refractivity contribution in [3.63, 3.8) is 0 Å². The molecule has 2 N–H and O–H groups in total. The van der Waals surface area contributed by atoms with Crippen LogP contribution in [0.1, 0.15) is 18.4 Å². The summed E-state index contributed by atoms with van der Waals surface area (Å²) in [5, 5.41) is 13.6. The number of carbonyl (C=O) groups excluding carboxylic acids is 1.